The smallest absolute Gasteiger partial charge is 0.189 e. The van der Waals surface area contributed by atoms with Crippen molar-refractivity contribution < 1.29 is 15.0 Å². The lowest BCUT2D eigenvalue weighted by molar-refractivity contribution is -0.136. The highest BCUT2D eigenvalue weighted by Crippen LogP contribution is 2.57. The van der Waals surface area contributed by atoms with E-state index in [-0.39, 0.29) is 11.3 Å². The van der Waals surface area contributed by atoms with Gasteiger partial charge >= 0.3 is 0 Å². The normalized spacial score (nSPS) is 39.2. The van der Waals surface area contributed by atoms with Crippen molar-refractivity contribution in [3.8, 4) is 0 Å². The third kappa shape index (κ3) is 2.93. The van der Waals surface area contributed by atoms with E-state index in [2.05, 4.69) is 19.6 Å². The number of hydrogen-bond donors (Lipinski definition) is 2. The fraction of sp³-hybridized carbons (Fsp3) is 0.667. The van der Waals surface area contributed by atoms with Gasteiger partial charge in [0.1, 0.15) is 5.78 Å². The summed E-state index contributed by atoms with van der Waals surface area (Å²) in [4.78, 5) is 12.0. The first-order valence-corrected chi connectivity index (χ1v) is 9.30. The van der Waals surface area contributed by atoms with Crippen molar-refractivity contribution in [3.63, 3.8) is 0 Å². The maximum Gasteiger partial charge on any atom is 0.189 e. The van der Waals surface area contributed by atoms with Crippen molar-refractivity contribution in [3.05, 3.63) is 35.5 Å². The number of carbonyl (C=O) groups excluding carboxylic acids is 1. The van der Waals surface area contributed by atoms with Crippen LogP contribution in [0.15, 0.2) is 35.5 Å². The van der Waals surface area contributed by atoms with Crippen molar-refractivity contribution in [1.82, 2.24) is 0 Å². The second kappa shape index (κ2) is 6.27. The maximum atomic E-state index is 12.0. The quantitative estimate of drug-likeness (QED) is 0.751. The van der Waals surface area contributed by atoms with E-state index in [1.54, 1.807) is 6.92 Å². The molecule has 0 aromatic heterocycles. The molecular weight excluding hydrogens is 300 g/mol. The minimum atomic E-state index is -1.75. The number of Topliss-reactive ketones (excluding diaryl/α,β-unsaturated/α-hetero) is 1. The van der Waals surface area contributed by atoms with Crippen LogP contribution in [0.25, 0.3) is 0 Å². The minimum Gasteiger partial charge on any atom is -0.362 e. The van der Waals surface area contributed by atoms with Crippen molar-refractivity contribution in [2.45, 2.75) is 71.0 Å². The predicted octanol–water partition coefficient (Wildman–Crippen LogP) is 4.07. The van der Waals surface area contributed by atoms with Crippen LogP contribution in [0.1, 0.15) is 65.2 Å². The third-order valence-electron chi connectivity index (χ3n) is 6.80. The Morgan fingerprint density at radius 3 is 2.58 bits per heavy atom. The Labute approximate surface area is 145 Å². The van der Waals surface area contributed by atoms with Crippen LogP contribution < -0.4 is 0 Å². The number of fused-ring (bicyclic) bond motifs is 1. The molecule has 0 heterocycles. The minimum absolute atomic E-state index is 0.107. The SMILES string of the molecule is C=C1/C(=C\C=C2/CCC[C@]3(C)[C@@H](C(C)=O)CC[C@@H]23)CCCC1(O)O. The summed E-state index contributed by atoms with van der Waals surface area (Å²) in [7, 11) is 0. The zero-order chi connectivity index (χ0) is 17.5. The molecule has 0 aliphatic heterocycles. The van der Waals surface area contributed by atoms with Gasteiger partial charge in [-0.3, -0.25) is 4.79 Å². The first kappa shape index (κ1) is 17.6. The Morgan fingerprint density at radius 1 is 1.17 bits per heavy atom. The van der Waals surface area contributed by atoms with E-state index >= 15 is 0 Å². The molecule has 3 atom stereocenters. The van der Waals surface area contributed by atoms with Gasteiger partial charge in [-0.25, -0.2) is 0 Å². The lowest BCUT2D eigenvalue weighted by Crippen LogP contribution is -2.36. The molecule has 0 spiro atoms. The molecule has 3 rings (SSSR count). The molecule has 24 heavy (non-hydrogen) atoms. The third-order valence-corrected chi connectivity index (χ3v) is 6.80. The van der Waals surface area contributed by atoms with E-state index in [0.29, 0.717) is 23.7 Å². The van der Waals surface area contributed by atoms with Crippen molar-refractivity contribution in [1.29, 1.82) is 0 Å². The Bertz CT molecular complexity index is 611. The monoisotopic (exact) mass is 330 g/mol. The molecule has 0 unspecified atom stereocenters. The summed E-state index contributed by atoms with van der Waals surface area (Å²) in [6.45, 7) is 7.92. The standard InChI is InChI=1S/C21H30O3/c1-14-16(6-5-13-21(14,23)24)8-9-17-7-4-12-20(3)18(15(2)22)10-11-19(17)20/h8-9,18-19,23-24H,1,4-7,10-13H2,2-3H3/b16-8-,17-9+/t18-,19+,20-/m1/s1. The van der Waals surface area contributed by atoms with Gasteiger partial charge in [0.25, 0.3) is 0 Å². The fourth-order valence-corrected chi connectivity index (χ4v) is 5.38. The molecule has 3 nitrogen and oxygen atoms in total. The van der Waals surface area contributed by atoms with Crippen LogP contribution in [-0.2, 0) is 4.79 Å². The van der Waals surface area contributed by atoms with Crippen LogP contribution in [0.5, 0.6) is 0 Å². The van der Waals surface area contributed by atoms with Gasteiger partial charge in [-0.15, -0.1) is 0 Å². The molecule has 0 radical (unpaired) electrons. The van der Waals surface area contributed by atoms with Gasteiger partial charge in [-0.05, 0) is 68.8 Å². The summed E-state index contributed by atoms with van der Waals surface area (Å²) in [6, 6.07) is 0. The molecule has 132 valence electrons. The lowest BCUT2D eigenvalue weighted by Gasteiger charge is -2.41. The lowest BCUT2D eigenvalue weighted by atomic mass is 9.63. The summed E-state index contributed by atoms with van der Waals surface area (Å²) < 4.78 is 0. The van der Waals surface area contributed by atoms with Crippen LogP contribution in [0.4, 0.5) is 0 Å². The molecule has 2 N–H and O–H groups in total. The maximum absolute atomic E-state index is 12.0. The van der Waals surface area contributed by atoms with E-state index in [0.717, 1.165) is 50.5 Å². The molecule has 3 heteroatoms. The van der Waals surface area contributed by atoms with Crippen LogP contribution in [0.2, 0.25) is 0 Å². The van der Waals surface area contributed by atoms with Gasteiger partial charge in [0.05, 0.1) is 0 Å². The summed E-state index contributed by atoms with van der Waals surface area (Å²) in [6.07, 6.45) is 11.7. The number of carbonyl (C=O) groups is 1. The fourth-order valence-electron chi connectivity index (χ4n) is 5.38. The summed E-state index contributed by atoms with van der Waals surface area (Å²) in [5, 5.41) is 20.0. The van der Waals surface area contributed by atoms with Gasteiger partial charge in [0, 0.05) is 17.9 Å². The number of allylic oxidation sites excluding steroid dienone is 3. The zero-order valence-electron chi connectivity index (χ0n) is 15.0. The first-order chi connectivity index (χ1) is 11.3. The van der Waals surface area contributed by atoms with Crippen LogP contribution in [0.3, 0.4) is 0 Å². The summed E-state index contributed by atoms with van der Waals surface area (Å²) in [5.74, 6) is -0.727. The van der Waals surface area contributed by atoms with Crippen molar-refractivity contribution in [2.75, 3.05) is 0 Å². The number of rotatable bonds is 2. The van der Waals surface area contributed by atoms with E-state index in [4.69, 9.17) is 0 Å². The molecule has 3 fully saturated rings. The average Bonchev–Trinajstić information content (AvgIpc) is 2.86. The van der Waals surface area contributed by atoms with Gasteiger partial charge < -0.3 is 10.2 Å². The Hall–Kier alpha value is -1.19. The highest BCUT2D eigenvalue weighted by atomic mass is 16.5. The molecule has 3 aliphatic carbocycles. The molecule has 0 saturated heterocycles. The molecule has 3 saturated carbocycles. The molecule has 0 amide bonds. The summed E-state index contributed by atoms with van der Waals surface area (Å²) >= 11 is 0. The number of aliphatic hydroxyl groups is 2. The molecule has 0 aromatic carbocycles. The van der Waals surface area contributed by atoms with Gasteiger partial charge in [-0.2, -0.15) is 0 Å². The second-order valence-electron chi connectivity index (χ2n) is 8.23. The summed E-state index contributed by atoms with van der Waals surface area (Å²) in [5.41, 5.74) is 2.93. The number of hydrogen-bond acceptors (Lipinski definition) is 3. The van der Waals surface area contributed by atoms with Crippen LogP contribution in [-0.4, -0.2) is 21.8 Å². The van der Waals surface area contributed by atoms with Gasteiger partial charge in [0.15, 0.2) is 5.79 Å². The van der Waals surface area contributed by atoms with Crippen molar-refractivity contribution in [2.24, 2.45) is 17.3 Å². The molecule has 0 aromatic rings. The average molecular weight is 330 g/mol. The van der Waals surface area contributed by atoms with E-state index in [9.17, 15) is 15.0 Å². The largest absolute Gasteiger partial charge is 0.362 e. The highest BCUT2D eigenvalue weighted by Gasteiger charge is 2.50. The topological polar surface area (TPSA) is 57.5 Å². The van der Waals surface area contributed by atoms with Gasteiger partial charge in [-0.1, -0.05) is 31.2 Å². The van der Waals surface area contributed by atoms with Crippen molar-refractivity contribution >= 4 is 5.78 Å². The number of ketones is 1. The van der Waals surface area contributed by atoms with E-state index in [1.807, 2.05) is 6.08 Å². The Balaban J connectivity index is 1.85. The van der Waals surface area contributed by atoms with Crippen LogP contribution >= 0.6 is 0 Å². The van der Waals surface area contributed by atoms with E-state index in [1.165, 1.54) is 5.57 Å². The predicted molar refractivity (Wildman–Crippen MR) is 95.2 cm³/mol. The zero-order valence-corrected chi connectivity index (χ0v) is 15.0. The molecule has 0 bridgehead atoms. The Morgan fingerprint density at radius 2 is 1.88 bits per heavy atom. The Kier molecular flexibility index (Phi) is 4.61. The first-order valence-electron chi connectivity index (χ1n) is 9.30. The highest BCUT2D eigenvalue weighted by molar-refractivity contribution is 5.79. The molecular formula is C21H30O3. The molecule has 3 aliphatic rings. The van der Waals surface area contributed by atoms with Gasteiger partial charge in [0.2, 0.25) is 0 Å². The second-order valence-corrected chi connectivity index (χ2v) is 8.23. The van der Waals surface area contributed by atoms with Crippen LogP contribution in [0, 0.1) is 17.3 Å². The van der Waals surface area contributed by atoms with E-state index < -0.39 is 5.79 Å².